The summed E-state index contributed by atoms with van der Waals surface area (Å²) in [6, 6.07) is 10.7. The van der Waals surface area contributed by atoms with Crippen LogP contribution in [-0.2, 0) is 16.6 Å². The van der Waals surface area contributed by atoms with E-state index in [0.29, 0.717) is 22.9 Å². The van der Waals surface area contributed by atoms with Crippen LogP contribution in [0.25, 0.3) is 0 Å². The first-order valence-electron chi connectivity index (χ1n) is 9.32. The van der Waals surface area contributed by atoms with Crippen molar-refractivity contribution in [3.05, 3.63) is 53.1 Å². The number of ether oxygens (including phenoxy) is 2. The van der Waals surface area contributed by atoms with Gasteiger partial charge in [0, 0.05) is 17.6 Å². The molecule has 0 bridgehead atoms. The van der Waals surface area contributed by atoms with Crippen molar-refractivity contribution in [1.29, 1.82) is 0 Å². The van der Waals surface area contributed by atoms with Gasteiger partial charge in [0.15, 0.2) is 11.5 Å². The lowest BCUT2D eigenvalue weighted by molar-refractivity contribution is 0.164. The molecule has 0 aliphatic carbocycles. The smallest absolute Gasteiger partial charge is 0.243 e. The Kier molecular flexibility index (Phi) is 8.34. The fraction of sp³-hybridized carbons (Fsp3) is 0.429. The van der Waals surface area contributed by atoms with Crippen molar-refractivity contribution in [2.45, 2.75) is 37.8 Å². The van der Waals surface area contributed by atoms with E-state index in [4.69, 9.17) is 21.1 Å². The Hall–Kier alpha value is -1.80. The Labute approximate surface area is 178 Å². The van der Waals surface area contributed by atoms with Crippen molar-refractivity contribution in [2.75, 3.05) is 20.8 Å². The molecule has 0 radical (unpaired) electrons. The molecule has 0 fully saturated rings. The van der Waals surface area contributed by atoms with Gasteiger partial charge in [0.2, 0.25) is 10.0 Å². The average molecular weight is 442 g/mol. The summed E-state index contributed by atoms with van der Waals surface area (Å²) in [6.07, 6.45) is 0.524. The van der Waals surface area contributed by atoms with Crippen LogP contribution in [0.4, 0.5) is 0 Å². The van der Waals surface area contributed by atoms with Gasteiger partial charge in [0.1, 0.15) is 0 Å². The van der Waals surface area contributed by atoms with Gasteiger partial charge in [0.25, 0.3) is 0 Å². The first kappa shape index (κ1) is 23.5. The average Bonchev–Trinajstić information content (AvgIpc) is 2.70. The zero-order valence-corrected chi connectivity index (χ0v) is 18.7. The number of nitrogens with zero attached hydrogens (tertiary/aromatic N) is 1. The maximum atomic E-state index is 13.4. The molecule has 160 valence electrons. The fourth-order valence-electron chi connectivity index (χ4n) is 3.14. The maximum absolute atomic E-state index is 13.4. The van der Waals surface area contributed by atoms with Crippen molar-refractivity contribution in [1.82, 2.24) is 4.31 Å². The second-order valence-electron chi connectivity index (χ2n) is 7.16. The molecular formula is C21H28ClNO5S. The topological polar surface area (TPSA) is 76.1 Å². The molecule has 1 unspecified atom stereocenters. The monoisotopic (exact) mass is 441 g/mol. The highest BCUT2D eigenvalue weighted by Gasteiger charge is 2.32. The summed E-state index contributed by atoms with van der Waals surface area (Å²) in [6.45, 7) is 3.79. The van der Waals surface area contributed by atoms with Crippen LogP contribution in [-0.4, -0.2) is 44.7 Å². The molecular weight excluding hydrogens is 414 g/mol. The van der Waals surface area contributed by atoms with Crippen molar-refractivity contribution >= 4 is 21.6 Å². The van der Waals surface area contributed by atoms with Crippen LogP contribution in [0.5, 0.6) is 11.5 Å². The number of halogens is 1. The number of hydrogen-bond donors (Lipinski definition) is 1. The summed E-state index contributed by atoms with van der Waals surface area (Å²) >= 11 is 5.92. The standard InChI is InChI=1S/C21H28ClNO5S/c1-15(2)11-18(14-24)23(29(25,26)19-8-6-17(22)7-9-19)13-16-5-10-20(27-3)21(12-16)28-4/h5-10,12,15,18,24H,11,13-14H2,1-4H3. The van der Waals surface area contributed by atoms with E-state index >= 15 is 0 Å². The first-order chi connectivity index (χ1) is 13.7. The van der Waals surface area contributed by atoms with E-state index in [1.807, 2.05) is 13.8 Å². The van der Waals surface area contributed by atoms with Gasteiger partial charge in [-0.25, -0.2) is 8.42 Å². The van der Waals surface area contributed by atoms with E-state index in [2.05, 4.69) is 0 Å². The highest BCUT2D eigenvalue weighted by molar-refractivity contribution is 7.89. The van der Waals surface area contributed by atoms with Crippen LogP contribution in [0.2, 0.25) is 5.02 Å². The van der Waals surface area contributed by atoms with Crippen molar-refractivity contribution in [2.24, 2.45) is 5.92 Å². The maximum Gasteiger partial charge on any atom is 0.243 e. The number of aliphatic hydroxyl groups excluding tert-OH is 1. The molecule has 0 aliphatic heterocycles. The highest BCUT2D eigenvalue weighted by Crippen LogP contribution is 2.30. The van der Waals surface area contributed by atoms with Gasteiger partial charge in [-0.3, -0.25) is 0 Å². The largest absolute Gasteiger partial charge is 0.493 e. The molecule has 1 N–H and O–H groups in total. The number of methoxy groups -OCH3 is 2. The molecule has 6 nitrogen and oxygen atoms in total. The Morgan fingerprint density at radius 3 is 2.17 bits per heavy atom. The lowest BCUT2D eigenvalue weighted by Crippen LogP contribution is -2.42. The SMILES string of the molecule is COc1ccc(CN(C(CO)CC(C)C)S(=O)(=O)c2ccc(Cl)cc2)cc1OC. The van der Waals surface area contributed by atoms with Gasteiger partial charge < -0.3 is 14.6 Å². The summed E-state index contributed by atoms with van der Waals surface area (Å²) in [7, 11) is -0.798. The molecule has 0 heterocycles. The minimum atomic E-state index is -3.87. The van der Waals surface area contributed by atoms with Crippen LogP contribution in [0.3, 0.4) is 0 Å². The molecule has 8 heteroatoms. The molecule has 2 rings (SSSR count). The van der Waals surface area contributed by atoms with Crippen molar-refractivity contribution in [3.63, 3.8) is 0 Å². The minimum absolute atomic E-state index is 0.0866. The normalized spacial score (nSPS) is 13.0. The summed E-state index contributed by atoms with van der Waals surface area (Å²) in [5.74, 6) is 1.28. The van der Waals surface area contributed by atoms with Crippen LogP contribution >= 0.6 is 11.6 Å². The Morgan fingerprint density at radius 2 is 1.66 bits per heavy atom. The third-order valence-electron chi connectivity index (χ3n) is 4.57. The quantitative estimate of drug-likeness (QED) is 0.604. The molecule has 0 saturated heterocycles. The number of hydrogen-bond acceptors (Lipinski definition) is 5. The summed E-state index contributed by atoms with van der Waals surface area (Å²) in [5, 5.41) is 10.4. The van der Waals surface area contributed by atoms with E-state index in [1.165, 1.54) is 23.5 Å². The van der Waals surface area contributed by atoms with Gasteiger partial charge in [-0.15, -0.1) is 0 Å². The number of benzene rings is 2. The second-order valence-corrected chi connectivity index (χ2v) is 9.49. The molecule has 0 aliphatic rings. The third-order valence-corrected chi connectivity index (χ3v) is 6.73. The third kappa shape index (κ3) is 5.85. The summed E-state index contributed by atoms with van der Waals surface area (Å²) < 4.78 is 38.8. The molecule has 0 spiro atoms. The molecule has 2 aromatic carbocycles. The lowest BCUT2D eigenvalue weighted by Gasteiger charge is -2.31. The zero-order chi connectivity index (χ0) is 21.6. The van der Waals surface area contributed by atoms with E-state index in [9.17, 15) is 13.5 Å². The minimum Gasteiger partial charge on any atom is -0.493 e. The molecule has 1 atom stereocenters. The molecule has 0 aromatic heterocycles. The fourth-order valence-corrected chi connectivity index (χ4v) is 4.88. The molecule has 0 amide bonds. The van der Waals surface area contributed by atoms with Crippen LogP contribution in [0.15, 0.2) is 47.4 Å². The van der Waals surface area contributed by atoms with Crippen molar-refractivity contribution in [3.8, 4) is 11.5 Å². The van der Waals surface area contributed by atoms with E-state index in [1.54, 1.807) is 37.4 Å². The van der Waals surface area contributed by atoms with Crippen LogP contribution in [0, 0.1) is 5.92 Å². The summed E-state index contributed by atoms with van der Waals surface area (Å²) in [4.78, 5) is 0.129. The molecule has 0 saturated carbocycles. The predicted octanol–water partition coefficient (Wildman–Crippen LogP) is 3.96. The first-order valence-corrected chi connectivity index (χ1v) is 11.1. The Balaban J connectivity index is 2.48. The zero-order valence-electron chi connectivity index (χ0n) is 17.1. The van der Waals surface area contributed by atoms with Crippen LogP contribution < -0.4 is 9.47 Å². The lowest BCUT2D eigenvalue weighted by atomic mass is 10.0. The van der Waals surface area contributed by atoms with Gasteiger partial charge in [-0.2, -0.15) is 4.31 Å². The van der Waals surface area contributed by atoms with E-state index in [-0.39, 0.29) is 24.0 Å². The summed E-state index contributed by atoms with van der Waals surface area (Å²) in [5.41, 5.74) is 0.724. The number of rotatable bonds is 10. The Morgan fingerprint density at radius 1 is 1.03 bits per heavy atom. The molecule has 29 heavy (non-hydrogen) atoms. The highest BCUT2D eigenvalue weighted by atomic mass is 35.5. The van der Waals surface area contributed by atoms with Gasteiger partial charge in [0.05, 0.1) is 25.7 Å². The van der Waals surface area contributed by atoms with Crippen molar-refractivity contribution < 1.29 is 23.0 Å². The Bertz CT molecular complexity index is 900. The second kappa shape index (κ2) is 10.3. The van der Waals surface area contributed by atoms with Gasteiger partial charge >= 0.3 is 0 Å². The van der Waals surface area contributed by atoms with E-state index < -0.39 is 16.1 Å². The number of sulfonamides is 1. The molecule has 2 aromatic rings. The predicted molar refractivity (Wildman–Crippen MR) is 114 cm³/mol. The van der Waals surface area contributed by atoms with Gasteiger partial charge in [-0.1, -0.05) is 31.5 Å². The number of aliphatic hydroxyl groups is 1. The van der Waals surface area contributed by atoms with Gasteiger partial charge in [-0.05, 0) is 54.3 Å². The van der Waals surface area contributed by atoms with E-state index in [0.717, 1.165) is 5.56 Å². The van der Waals surface area contributed by atoms with Crippen LogP contribution in [0.1, 0.15) is 25.8 Å².